The highest BCUT2D eigenvalue weighted by molar-refractivity contribution is 4.88. The Kier molecular flexibility index (Phi) is 2.66. The van der Waals surface area contributed by atoms with Crippen LogP contribution in [-0.2, 0) is 0 Å². The normalized spacial score (nSPS) is 34.2. The third-order valence-corrected chi connectivity index (χ3v) is 3.04. The van der Waals surface area contributed by atoms with Crippen LogP contribution in [0, 0.1) is 0 Å². The van der Waals surface area contributed by atoms with Gasteiger partial charge < -0.3 is 5.32 Å². The molecule has 2 aliphatic rings. The van der Waals surface area contributed by atoms with Crippen LogP contribution in [0.4, 0.5) is 0 Å². The minimum atomic E-state index is 0.762. The van der Waals surface area contributed by atoms with Crippen molar-refractivity contribution < 1.29 is 0 Å². The maximum Gasteiger partial charge on any atom is 0.0195 e. The first-order chi connectivity index (χ1) is 5.88. The minimum absolute atomic E-state index is 0.762. The number of hydrogen-bond acceptors (Lipinski definition) is 2. The van der Waals surface area contributed by atoms with Gasteiger partial charge in [0.1, 0.15) is 0 Å². The van der Waals surface area contributed by atoms with Crippen LogP contribution in [0.1, 0.15) is 32.6 Å². The Morgan fingerprint density at radius 1 is 1.25 bits per heavy atom. The molecule has 0 radical (unpaired) electrons. The third-order valence-electron chi connectivity index (χ3n) is 3.04. The molecule has 1 N–H and O–H groups in total. The molecule has 1 saturated carbocycles. The quantitative estimate of drug-likeness (QED) is 0.633. The summed E-state index contributed by atoms with van der Waals surface area (Å²) in [5, 5.41) is 3.51. The van der Waals surface area contributed by atoms with Crippen LogP contribution in [0.2, 0.25) is 0 Å². The van der Waals surface area contributed by atoms with E-state index in [9.17, 15) is 0 Å². The van der Waals surface area contributed by atoms with Gasteiger partial charge in [0.05, 0.1) is 0 Å². The highest BCUT2D eigenvalue weighted by Crippen LogP contribution is 2.29. The van der Waals surface area contributed by atoms with Gasteiger partial charge in [-0.05, 0) is 45.7 Å². The lowest BCUT2D eigenvalue weighted by Gasteiger charge is -2.31. The van der Waals surface area contributed by atoms with E-state index < -0.39 is 0 Å². The highest BCUT2D eigenvalue weighted by Gasteiger charge is 2.31. The van der Waals surface area contributed by atoms with Crippen LogP contribution in [0.5, 0.6) is 0 Å². The molecule has 0 spiro atoms. The van der Waals surface area contributed by atoms with Crippen LogP contribution >= 0.6 is 0 Å². The molecule has 2 nitrogen and oxygen atoms in total. The van der Waals surface area contributed by atoms with Crippen molar-refractivity contribution in [3.63, 3.8) is 0 Å². The molecule has 1 aliphatic heterocycles. The molecule has 0 aromatic heterocycles. The van der Waals surface area contributed by atoms with Gasteiger partial charge in [-0.2, -0.15) is 0 Å². The summed E-state index contributed by atoms with van der Waals surface area (Å²) < 4.78 is 0. The summed E-state index contributed by atoms with van der Waals surface area (Å²) in [6.45, 7) is 6.11. The molecular formula is C10H20N2. The SMILES string of the molecule is C[C@@H]1CNCCCCN1C1CC1. The molecule has 70 valence electrons. The zero-order valence-corrected chi connectivity index (χ0v) is 8.05. The van der Waals surface area contributed by atoms with Gasteiger partial charge >= 0.3 is 0 Å². The van der Waals surface area contributed by atoms with Crippen molar-refractivity contribution in [3.8, 4) is 0 Å². The first kappa shape index (κ1) is 8.52. The molecule has 0 aromatic rings. The molecule has 1 aliphatic carbocycles. The van der Waals surface area contributed by atoms with Crippen molar-refractivity contribution in [1.82, 2.24) is 10.2 Å². The molecule has 0 aromatic carbocycles. The van der Waals surface area contributed by atoms with E-state index in [2.05, 4.69) is 17.1 Å². The standard InChI is InChI=1S/C10H20N2/c1-9-8-11-6-2-3-7-12(9)10-4-5-10/h9-11H,2-8H2,1H3/t9-/m1/s1. The topological polar surface area (TPSA) is 15.3 Å². The van der Waals surface area contributed by atoms with E-state index in [0.717, 1.165) is 12.1 Å². The van der Waals surface area contributed by atoms with E-state index in [-0.39, 0.29) is 0 Å². The van der Waals surface area contributed by atoms with Gasteiger partial charge in [0.25, 0.3) is 0 Å². The summed E-state index contributed by atoms with van der Waals surface area (Å²) in [7, 11) is 0. The molecule has 2 fully saturated rings. The van der Waals surface area contributed by atoms with Gasteiger partial charge in [-0.1, -0.05) is 0 Å². The second-order valence-electron chi connectivity index (χ2n) is 4.23. The number of rotatable bonds is 1. The van der Waals surface area contributed by atoms with Crippen molar-refractivity contribution in [1.29, 1.82) is 0 Å². The highest BCUT2D eigenvalue weighted by atomic mass is 15.2. The van der Waals surface area contributed by atoms with Crippen molar-refractivity contribution in [2.24, 2.45) is 0 Å². The molecule has 12 heavy (non-hydrogen) atoms. The van der Waals surface area contributed by atoms with Gasteiger partial charge in [0.2, 0.25) is 0 Å². The Morgan fingerprint density at radius 2 is 2.08 bits per heavy atom. The van der Waals surface area contributed by atoms with E-state index in [1.54, 1.807) is 0 Å². The van der Waals surface area contributed by atoms with Crippen LogP contribution in [-0.4, -0.2) is 36.6 Å². The Morgan fingerprint density at radius 3 is 2.83 bits per heavy atom. The van der Waals surface area contributed by atoms with Gasteiger partial charge in [0, 0.05) is 18.6 Å². The fraction of sp³-hybridized carbons (Fsp3) is 1.00. The Balaban J connectivity index is 1.87. The predicted octanol–water partition coefficient (Wildman–Crippen LogP) is 1.22. The molecule has 2 heteroatoms. The molecule has 1 heterocycles. The molecule has 1 atom stereocenters. The number of hydrogen-bond donors (Lipinski definition) is 1. The van der Waals surface area contributed by atoms with E-state index in [1.807, 2.05) is 0 Å². The smallest absolute Gasteiger partial charge is 0.0195 e. The molecule has 0 amide bonds. The zero-order valence-electron chi connectivity index (χ0n) is 8.05. The van der Waals surface area contributed by atoms with Crippen molar-refractivity contribution in [3.05, 3.63) is 0 Å². The molecule has 1 saturated heterocycles. The molecule has 0 bridgehead atoms. The van der Waals surface area contributed by atoms with Crippen LogP contribution in [0.15, 0.2) is 0 Å². The first-order valence-corrected chi connectivity index (χ1v) is 5.34. The van der Waals surface area contributed by atoms with Crippen LogP contribution in [0.3, 0.4) is 0 Å². The maximum atomic E-state index is 3.51. The van der Waals surface area contributed by atoms with Gasteiger partial charge in [0.15, 0.2) is 0 Å². The lowest BCUT2D eigenvalue weighted by Crippen LogP contribution is -2.44. The molecular weight excluding hydrogens is 148 g/mol. The van der Waals surface area contributed by atoms with Crippen molar-refractivity contribution >= 4 is 0 Å². The van der Waals surface area contributed by atoms with E-state index in [1.165, 1.54) is 45.3 Å². The van der Waals surface area contributed by atoms with Crippen LogP contribution < -0.4 is 5.32 Å². The fourth-order valence-corrected chi connectivity index (χ4v) is 2.14. The Hall–Kier alpha value is -0.0800. The summed E-state index contributed by atoms with van der Waals surface area (Å²) >= 11 is 0. The lowest BCUT2D eigenvalue weighted by molar-refractivity contribution is 0.180. The molecule has 2 rings (SSSR count). The minimum Gasteiger partial charge on any atom is -0.315 e. The largest absolute Gasteiger partial charge is 0.315 e. The zero-order chi connectivity index (χ0) is 8.39. The predicted molar refractivity (Wildman–Crippen MR) is 51.3 cm³/mol. The van der Waals surface area contributed by atoms with Crippen LogP contribution in [0.25, 0.3) is 0 Å². The Bertz CT molecular complexity index is 143. The average molecular weight is 168 g/mol. The third kappa shape index (κ3) is 1.99. The van der Waals surface area contributed by atoms with E-state index >= 15 is 0 Å². The second kappa shape index (κ2) is 3.75. The van der Waals surface area contributed by atoms with Crippen molar-refractivity contribution in [2.75, 3.05) is 19.6 Å². The molecule has 0 unspecified atom stereocenters. The van der Waals surface area contributed by atoms with E-state index in [4.69, 9.17) is 0 Å². The number of nitrogens with one attached hydrogen (secondary N) is 1. The summed E-state index contributed by atoms with van der Waals surface area (Å²) in [6, 6.07) is 1.71. The summed E-state index contributed by atoms with van der Waals surface area (Å²) in [5.41, 5.74) is 0. The fourth-order valence-electron chi connectivity index (χ4n) is 2.14. The lowest BCUT2D eigenvalue weighted by atomic mass is 10.2. The Labute approximate surface area is 75.3 Å². The average Bonchev–Trinajstić information content (AvgIpc) is 2.81. The summed E-state index contributed by atoms with van der Waals surface area (Å²) in [4.78, 5) is 2.70. The first-order valence-electron chi connectivity index (χ1n) is 5.34. The van der Waals surface area contributed by atoms with Gasteiger partial charge in [-0.3, -0.25) is 4.90 Å². The summed E-state index contributed by atoms with van der Waals surface area (Å²) in [6.07, 6.45) is 5.64. The van der Waals surface area contributed by atoms with Crippen molar-refractivity contribution in [2.45, 2.75) is 44.7 Å². The van der Waals surface area contributed by atoms with Gasteiger partial charge in [-0.25, -0.2) is 0 Å². The maximum absolute atomic E-state index is 3.51. The summed E-state index contributed by atoms with van der Waals surface area (Å²) in [5.74, 6) is 0. The monoisotopic (exact) mass is 168 g/mol. The van der Waals surface area contributed by atoms with E-state index in [0.29, 0.717) is 0 Å². The second-order valence-corrected chi connectivity index (χ2v) is 4.23. The van der Waals surface area contributed by atoms with Gasteiger partial charge in [-0.15, -0.1) is 0 Å². The number of nitrogens with zero attached hydrogens (tertiary/aromatic N) is 1.